The van der Waals surface area contributed by atoms with E-state index in [1.165, 1.54) is 0 Å². The van der Waals surface area contributed by atoms with Crippen LogP contribution in [0.3, 0.4) is 0 Å². The molecule has 2 heterocycles. The van der Waals surface area contributed by atoms with Crippen LogP contribution < -0.4 is 10.2 Å². The lowest BCUT2D eigenvalue weighted by Crippen LogP contribution is -2.36. The second-order valence-corrected chi connectivity index (χ2v) is 8.71. The lowest BCUT2D eigenvalue weighted by molar-refractivity contribution is -0.119. The van der Waals surface area contributed by atoms with Gasteiger partial charge >= 0.3 is 5.97 Å². The number of nitrogens with zero attached hydrogens (tertiary/aromatic N) is 2. The van der Waals surface area contributed by atoms with Crippen molar-refractivity contribution in [1.29, 1.82) is 0 Å². The maximum absolute atomic E-state index is 12.6. The van der Waals surface area contributed by atoms with E-state index in [9.17, 15) is 19.2 Å². The average Bonchev–Trinajstić information content (AvgIpc) is 3.17. The second-order valence-electron chi connectivity index (χ2n) is 8.71. The fourth-order valence-corrected chi connectivity index (χ4v) is 4.35. The van der Waals surface area contributed by atoms with Gasteiger partial charge in [-0.25, -0.2) is 4.79 Å². The third-order valence-corrected chi connectivity index (χ3v) is 6.24. The topological polar surface area (TPSA) is 105 Å². The van der Waals surface area contributed by atoms with Gasteiger partial charge in [0.05, 0.1) is 36.4 Å². The van der Waals surface area contributed by atoms with E-state index in [4.69, 9.17) is 9.47 Å². The van der Waals surface area contributed by atoms with Crippen LogP contribution in [0.5, 0.6) is 0 Å². The molecule has 2 aliphatic heterocycles. The summed E-state index contributed by atoms with van der Waals surface area (Å²) in [7, 11) is 0. The van der Waals surface area contributed by atoms with E-state index in [0.29, 0.717) is 35.6 Å². The molecule has 0 bridgehead atoms. The van der Waals surface area contributed by atoms with Crippen molar-refractivity contribution >= 4 is 35.1 Å². The van der Waals surface area contributed by atoms with Crippen LogP contribution in [0.15, 0.2) is 72.8 Å². The van der Waals surface area contributed by atoms with Gasteiger partial charge in [0.25, 0.3) is 17.7 Å². The summed E-state index contributed by atoms with van der Waals surface area (Å²) in [4.78, 5) is 53.5. The molecule has 0 aromatic heterocycles. The number of esters is 1. The van der Waals surface area contributed by atoms with Crippen molar-refractivity contribution in [2.45, 2.75) is 6.54 Å². The molecule has 0 saturated carbocycles. The van der Waals surface area contributed by atoms with E-state index >= 15 is 0 Å². The van der Waals surface area contributed by atoms with Gasteiger partial charge in [0, 0.05) is 24.5 Å². The molecule has 1 saturated heterocycles. The molecule has 0 aliphatic carbocycles. The number of anilines is 2. The van der Waals surface area contributed by atoms with Crippen LogP contribution >= 0.6 is 0 Å². The van der Waals surface area contributed by atoms with Crippen LogP contribution in [0.1, 0.15) is 36.6 Å². The van der Waals surface area contributed by atoms with Crippen LogP contribution in [0.2, 0.25) is 0 Å². The molecule has 188 valence electrons. The van der Waals surface area contributed by atoms with Crippen LogP contribution in [-0.2, 0) is 20.8 Å². The Hall–Kier alpha value is -4.50. The number of fused-ring (bicyclic) bond motifs is 1. The Morgan fingerprint density at radius 3 is 2.22 bits per heavy atom. The Kier molecular flexibility index (Phi) is 6.96. The van der Waals surface area contributed by atoms with Crippen LogP contribution in [-0.4, -0.2) is 61.5 Å². The number of hydrogen-bond donors (Lipinski definition) is 1. The Balaban J connectivity index is 1.14. The number of amides is 3. The van der Waals surface area contributed by atoms with E-state index < -0.39 is 18.5 Å². The molecule has 9 heteroatoms. The Morgan fingerprint density at radius 1 is 0.865 bits per heavy atom. The smallest absolute Gasteiger partial charge is 0.338 e. The first-order valence-corrected chi connectivity index (χ1v) is 11.9. The summed E-state index contributed by atoms with van der Waals surface area (Å²) >= 11 is 0. The Morgan fingerprint density at radius 2 is 1.54 bits per heavy atom. The monoisotopic (exact) mass is 499 g/mol. The van der Waals surface area contributed by atoms with E-state index in [2.05, 4.69) is 10.2 Å². The highest BCUT2D eigenvalue weighted by Crippen LogP contribution is 2.24. The van der Waals surface area contributed by atoms with Gasteiger partial charge in [-0.15, -0.1) is 0 Å². The zero-order valence-electron chi connectivity index (χ0n) is 20.0. The molecule has 0 unspecified atom stereocenters. The second kappa shape index (κ2) is 10.6. The first-order valence-electron chi connectivity index (χ1n) is 11.9. The lowest BCUT2D eigenvalue weighted by atomic mass is 10.1. The van der Waals surface area contributed by atoms with Crippen LogP contribution in [0.4, 0.5) is 11.4 Å². The molecule has 9 nitrogen and oxygen atoms in total. The lowest BCUT2D eigenvalue weighted by Gasteiger charge is -2.28. The highest BCUT2D eigenvalue weighted by Gasteiger charge is 2.35. The molecule has 2 aliphatic rings. The van der Waals surface area contributed by atoms with E-state index in [0.717, 1.165) is 23.7 Å². The van der Waals surface area contributed by atoms with Gasteiger partial charge in [0.15, 0.2) is 6.61 Å². The molecule has 0 radical (unpaired) electrons. The predicted octanol–water partition coefficient (Wildman–Crippen LogP) is 3.11. The third kappa shape index (κ3) is 5.36. The first-order chi connectivity index (χ1) is 18.0. The minimum Gasteiger partial charge on any atom is -0.452 e. The van der Waals surface area contributed by atoms with Gasteiger partial charge in [-0.3, -0.25) is 19.3 Å². The number of benzene rings is 3. The summed E-state index contributed by atoms with van der Waals surface area (Å²) in [5.41, 5.74) is 3.19. The highest BCUT2D eigenvalue weighted by molar-refractivity contribution is 6.21. The number of carbonyl (C=O) groups is 4. The molecular formula is C28H25N3O6. The summed E-state index contributed by atoms with van der Waals surface area (Å²) in [5, 5.41) is 2.72. The van der Waals surface area contributed by atoms with Gasteiger partial charge in [0.1, 0.15) is 0 Å². The molecule has 1 fully saturated rings. The number of hydrogen-bond acceptors (Lipinski definition) is 7. The fraction of sp³-hybridized carbons (Fsp3) is 0.214. The number of carbonyl (C=O) groups excluding carboxylic acids is 4. The van der Waals surface area contributed by atoms with Gasteiger partial charge in [0.2, 0.25) is 0 Å². The molecular weight excluding hydrogens is 474 g/mol. The number of ether oxygens (including phenoxy) is 2. The van der Waals surface area contributed by atoms with E-state index in [1.54, 1.807) is 60.7 Å². The van der Waals surface area contributed by atoms with Crippen molar-refractivity contribution in [1.82, 2.24) is 4.90 Å². The molecule has 3 aromatic rings. The summed E-state index contributed by atoms with van der Waals surface area (Å²) in [6, 6.07) is 20.6. The number of morpholine rings is 1. The van der Waals surface area contributed by atoms with Gasteiger partial charge in [-0.1, -0.05) is 24.3 Å². The number of imide groups is 1. The van der Waals surface area contributed by atoms with Gasteiger partial charge in [-0.2, -0.15) is 0 Å². The fourth-order valence-electron chi connectivity index (χ4n) is 4.35. The summed E-state index contributed by atoms with van der Waals surface area (Å²) in [6.07, 6.45) is 0. The number of nitrogens with one attached hydrogen (secondary N) is 1. The van der Waals surface area contributed by atoms with Crippen LogP contribution in [0, 0.1) is 0 Å². The Labute approximate surface area is 213 Å². The zero-order chi connectivity index (χ0) is 25.8. The SMILES string of the molecule is O=C(COC(=O)c1cccc(CN2C(=O)c3ccccc3C2=O)c1)Nc1ccc(N2CCOCC2)cc1. The minimum absolute atomic E-state index is 0.0222. The highest BCUT2D eigenvalue weighted by atomic mass is 16.5. The molecule has 1 N–H and O–H groups in total. The summed E-state index contributed by atoms with van der Waals surface area (Å²) < 4.78 is 10.5. The summed E-state index contributed by atoms with van der Waals surface area (Å²) in [6.45, 7) is 2.59. The van der Waals surface area contributed by atoms with E-state index in [1.807, 2.05) is 12.1 Å². The standard InChI is InChI=1S/C28H25N3O6/c32-25(29-21-8-10-22(11-9-21)30-12-14-36-15-13-30)18-37-28(35)20-5-3-4-19(16-20)17-31-26(33)23-6-1-2-7-24(23)27(31)34/h1-11,16H,12-15,17-18H2,(H,29,32). The van der Waals surface area contributed by atoms with Crippen LogP contribution in [0.25, 0.3) is 0 Å². The van der Waals surface area contributed by atoms with E-state index in [-0.39, 0.29) is 23.9 Å². The molecule has 3 aromatic carbocycles. The first kappa shape index (κ1) is 24.2. The van der Waals surface area contributed by atoms with Crippen molar-refractivity contribution in [3.05, 3.63) is 95.1 Å². The van der Waals surface area contributed by atoms with Gasteiger partial charge in [-0.05, 0) is 54.1 Å². The predicted molar refractivity (Wildman–Crippen MR) is 135 cm³/mol. The normalized spacial score (nSPS) is 14.9. The summed E-state index contributed by atoms with van der Waals surface area (Å²) in [5.74, 6) is -1.89. The average molecular weight is 500 g/mol. The van der Waals surface area contributed by atoms with Gasteiger partial charge < -0.3 is 19.7 Å². The van der Waals surface area contributed by atoms with Crippen molar-refractivity contribution in [3.63, 3.8) is 0 Å². The minimum atomic E-state index is -0.679. The molecule has 37 heavy (non-hydrogen) atoms. The van der Waals surface area contributed by atoms with Crippen molar-refractivity contribution in [3.8, 4) is 0 Å². The molecule has 0 atom stereocenters. The maximum atomic E-state index is 12.6. The molecule has 0 spiro atoms. The van der Waals surface area contributed by atoms with Crippen molar-refractivity contribution in [2.75, 3.05) is 43.1 Å². The largest absolute Gasteiger partial charge is 0.452 e. The van der Waals surface area contributed by atoms with Crippen molar-refractivity contribution in [2.24, 2.45) is 0 Å². The third-order valence-electron chi connectivity index (χ3n) is 6.24. The number of rotatable bonds is 7. The Bertz CT molecular complexity index is 1310. The molecule has 5 rings (SSSR count). The molecule has 3 amide bonds. The maximum Gasteiger partial charge on any atom is 0.338 e. The zero-order valence-corrected chi connectivity index (χ0v) is 20.0. The van der Waals surface area contributed by atoms with Crippen molar-refractivity contribution < 1.29 is 28.7 Å². The quantitative estimate of drug-likeness (QED) is 0.393.